The molecule has 1 fully saturated rings. The van der Waals surface area contributed by atoms with E-state index in [9.17, 15) is 4.79 Å². The van der Waals surface area contributed by atoms with E-state index in [1.807, 2.05) is 11.0 Å². The van der Waals surface area contributed by atoms with E-state index in [0.717, 1.165) is 11.9 Å². The number of fused-ring (bicyclic) bond motifs is 1. The van der Waals surface area contributed by atoms with Gasteiger partial charge in [-0.25, -0.2) is 0 Å². The van der Waals surface area contributed by atoms with Crippen LogP contribution < -0.4 is 5.46 Å². The lowest BCUT2D eigenvalue weighted by molar-refractivity contribution is -0.126. The summed E-state index contributed by atoms with van der Waals surface area (Å²) in [6, 6.07) is 6.17. The van der Waals surface area contributed by atoms with Crippen LogP contribution in [0.3, 0.4) is 0 Å². The number of carbonyl (C=O) groups excluding carboxylic acids is 1. The van der Waals surface area contributed by atoms with Crippen LogP contribution >= 0.6 is 0 Å². The number of carbonyl (C=O) groups is 1. The molecule has 3 rings (SSSR count). The third-order valence-electron chi connectivity index (χ3n) is 5.30. The Kier molecular flexibility index (Phi) is 3.89. The fraction of sp³-hybridized carbons (Fsp3) is 0.500. The van der Waals surface area contributed by atoms with Gasteiger partial charge in [0.2, 0.25) is 5.91 Å². The van der Waals surface area contributed by atoms with E-state index in [4.69, 9.17) is 9.31 Å². The molecule has 122 valence electrons. The van der Waals surface area contributed by atoms with Crippen LogP contribution in [-0.2, 0) is 27.1 Å². The Morgan fingerprint density at radius 1 is 1.26 bits per heavy atom. The second kappa shape index (κ2) is 5.50. The smallest absolute Gasteiger partial charge is 0.399 e. The van der Waals surface area contributed by atoms with E-state index in [1.165, 1.54) is 17.2 Å². The zero-order valence-electron chi connectivity index (χ0n) is 14.4. The highest BCUT2D eigenvalue weighted by molar-refractivity contribution is 6.62. The monoisotopic (exact) mass is 313 g/mol. The van der Waals surface area contributed by atoms with Gasteiger partial charge in [-0.05, 0) is 56.8 Å². The van der Waals surface area contributed by atoms with Gasteiger partial charge in [0.1, 0.15) is 0 Å². The zero-order valence-corrected chi connectivity index (χ0v) is 14.4. The van der Waals surface area contributed by atoms with Gasteiger partial charge < -0.3 is 14.2 Å². The highest BCUT2D eigenvalue weighted by atomic mass is 16.7. The van der Waals surface area contributed by atoms with Crippen molar-refractivity contribution >= 4 is 18.5 Å². The summed E-state index contributed by atoms with van der Waals surface area (Å²) in [7, 11) is -0.350. The quantitative estimate of drug-likeness (QED) is 0.620. The van der Waals surface area contributed by atoms with Crippen LogP contribution in [0.1, 0.15) is 38.8 Å². The van der Waals surface area contributed by atoms with Crippen LogP contribution in [0.15, 0.2) is 30.9 Å². The molecule has 2 aliphatic rings. The number of hydrogen-bond acceptors (Lipinski definition) is 3. The number of nitrogens with zero attached hydrogens (tertiary/aromatic N) is 1. The summed E-state index contributed by atoms with van der Waals surface area (Å²) in [5.41, 5.74) is 2.81. The molecular formula is C18H24BNO3. The van der Waals surface area contributed by atoms with Crippen molar-refractivity contribution in [2.24, 2.45) is 0 Å². The fourth-order valence-corrected chi connectivity index (χ4v) is 3.15. The Morgan fingerprint density at radius 3 is 2.52 bits per heavy atom. The van der Waals surface area contributed by atoms with Crippen LogP contribution in [0.25, 0.3) is 0 Å². The van der Waals surface area contributed by atoms with E-state index in [2.05, 4.69) is 46.4 Å². The molecule has 2 aliphatic heterocycles. The maximum absolute atomic E-state index is 11.8. The average Bonchev–Trinajstić information content (AvgIpc) is 2.73. The van der Waals surface area contributed by atoms with Crippen LogP contribution in [0, 0.1) is 0 Å². The lowest BCUT2D eigenvalue weighted by Crippen LogP contribution is -2.42. The molecule has 0 atom stereocenters. The minimum atomic E-state index is -0.350. The second-order valence-corrected chi connectivity index (χ2v) is 7.29. The summed E-state index contributed by atoms with van der Waals surface area (Å²) in [6.45, 7) is 13.1. The molecule has 23 heavy (non-hydrogen) atoms. The first-order valence-corrected chi connectivity index (χ1v) is 8.13. The van der Waals surface area contributed by atoms with Crippen molar-refractivity contribution in [2.75, 3.05) is 6.54 Å². The molecule has 1 amide bonds. The second-order valence-electron chi connectivity index (χ2n) is 7.29. The zero-order chi connectivity index (χ0) is 16.8. The van der Waals surface area contributed by atoms with Crippen molar-refractivity contribution in [3.8, 4) is 0 Å². The van der Waals surface area contributed by atoms with Crippen molar-refractivity contribution in [3.63, 3.8) is 0 Å². The van der Waals surface area contributed by atoms with Gasteiger partial charge in [0.15, 0.2) is 0 Å². The molecule has 0 aliphatic carbocycles. The standard InChI is InChI=1S/C18H24BNO3/c1-6-16(21)20-11-10-14-13(12-20)8-7-9-15(14)19-22-17(2,3)18(4,5)23-19/h6-9H,1,10-12H2,2-5H3. The number of hydrogen-bond donors (Lipinski definition) is 0. The van der Waals surface area contributed by atoms with Gasteiger partial charge in [-0.2, -0.15) is 0 Å². The summed E-state index contributed by atoms with van der Waals surface area (Å²) in [5.74, 6) is -0.0170. The van der Waals surface area contributed by atoms with Crippen molar-refractivity contribution in [1.29, 1.82) is 0 Å². The van der Waals surface area contributed by atoms with E-state index < -0.39 is 0 Å². The van der Waals surface area contributed by atoms with Crippen LogP contribution in [0.2, 0.25) is 0 Å². The predicted octanol–water partition coefficient (Wildman–Crippen LogP) is 2.06. The summed E-state index contributed by atoms with van der Waals surface area (Å²) in [6.07, 6.45) is 2.19. The minimum Gasteiger partial charge on any atom is -0.399 e. The Morgan fingerprint density at radius 2 is 1.91 bits per heavy atom. The number of amides is 1. The first kappa shape index (κ1) is 16.3. The lowest BCUT2D eigenvalue weighted by Gasteiger charge is -2.32. The first-order valence-electron chi connectivity index (χ1n) is 8.13. The van der Waals surface area contributed by atoms with Gasteiger partial charge in [-0.15, -0.1) is 0 Å². The van der Waals surface area contributed by atoms with Gasteiger partial charge in [0.25, 0.3) is 0 Å². The Hall–Kier alpha value is -1.59. The summed E-state index contributed by atoms with van der Waals surface area (Å²) >= 11 is 0. The van der Waals surface area contributed by atoms with E-state index >= 15 is 0 Å². The normalized spacial score (nSPS) is 21.9. The Labute approximate surface area is 138 Å². The maximum atomic E-state index is 11.8. The van der Waals surface area contributed by atoms with Gasteiger partial charge in [-0.1, -0.05) is 24.8 Å². The lowest BCUT2D eigenvalue weighted by atomic mass is 9.73. The summed E-state index contributed by atoms with van der Waals surface area (Å²) in [5, 5.41) is 0. The summed E-state index contributed by atoms with van der Waals surface area (Å²) < 4.78 is 12.4. The molecule has 0 bridgehead atoms. The van der Waals surface area contributed by atoms with Crippen LogP contribution in [0.5, 0.6) is 0 Å². The first-order chi connectivity index (χ1) is 10.7. The fourth-order valence-electron chi connectivity index (χ4n) is 3.15. The predicted molar refractivity (Wildman–Crippen MR) is 91.5 cm³/mol. The number of benzene rings is 1. The minimum absolute atomic E-state index is 0.0170. The van der Waals surface area contributed by atoms with Gasteiger partial charge in [-0.3, -0.25) is 4.79 Å². The van der Waals surface area contributed by atoms with E-state index in [-0.39, 0.29) is 24.2 Å². The molecular weight excluding hydrogens is 289 g/mol. The molecule has 1 saturated heterocycles. The molecule has 0 spiro atoms. The molecule has 1 aromatic carbocycles. The molecule has 2 heterocycles. The molecule has 0 aromatic heterocycles. The Bertz CT molecular complexity index is 638. The summed E-state index contributed by atoms with van der Waals surface area (Å²) in [4.78, 5) is 13.7. The molecule has 0 radical (unpaired) electrons. The highest BCUT2D eigenvalue weighted by Crippen LogP contribution is 2.37. The van der Waals surface area contributed by atoms with Crippen molar-refractivity contribution < 1.29 is 14.1 Å². The third-order valence-corrected chi connectivity index (χ3v) is 5.30. The Balaban J connectivity index is 1.90. The SMILES string of the molecule is C=CC(=O)N1CCc2c(cccc2B2OC(C)(C)C(C)(C)O2)C1. The van der Waals surface area contributed by atoms with Crippen LogP contribution in [-0.4, -0.2) is 35.7 Å². The largest absolute Gasteiger partial charge is 0.495 e. The van der Waals surface area contributed by atoms with E-state index in [1.54, 1.807) is 0 Å². The van der Waals surface area contributed by atoms with Crippen LogP contribution in [0.4, 0.5) is 0 Å². The van der Waals surface area contributed by atoms with Gasteiger partial charge >= 0.3 is 7.12 Å². The topological polar surface area (TPSA) is 38.8 Å². The van der Waals surface area contributed by atoms with Crippen molar-refractivity contribution in [2.45, 2.75) is 51.9 Å². The molecule has 5 heteroatoms. The third kappa shape index (κ3) is 2.72. The molecule has 0 N–H and O–H groups in total. The maximum Gasteiger partial charge on any atom is 0.495 e. The van der Waals surface area contributed by atoms with Crippen molar-refractivity contribution in [3.05, 3.63) is 42.0 Å². The van der Waals surface area contributed by atoms with Gasteiger partial charge in [0, 0.05) is 13.1 Å². The van der Waals surface area contributed by atoms with Gasteiger partial charge in [0.05, 0.1) is 11.2 Å². The number of rotatable bonds is 2. The van der Waals surface area contributed by atoms with Crippen molar-refractivity contribution in [1.82, 2.24) is 4.90 Å². The van der Waals surface area contributed by atoms with E-state index in [0.29, 0.717) is 13.1 Å². The molecule has 1 aromatic rings. The molecule has 0 unspecified atom stereocenters. The molecule has 4 nitrogen and oxygen atoms in total. The molecule has 0 saturated carbocycles. The average molecular weight is 313 g/mol. The highest BCUT2D eigenvalue weighted by Gasteiger charge is 2.52.